The number of hydrogen-bond donors (Lipinski definition) is 4. The molecule has 1 saturated heterocycles. The highest BCUT2D eigenvalue weighted by atomic mass is 19.1. The van der Waals surface area contributed by atoms with Gasteiger partial charge in [0.05, 0.1) is 31.1 Å². The molecule has 0 spiro atoms. The van der Waals surface area contributed by atoms with Gasteiger partial charge in [0.2, 0.25) is 0 Å². The number of rotatable bonds is 5. The van der Waals surface area contributed by atoms with Crippen LogP contribution in [0.3, 0.4) is 0 Å². The van der Waals surface area contributed by atoms with Crippen molar-refractivity contribution in [2.45, 2.75) is 37.8 Å². The first-order valence-electron chi connectivity index (χ1n) is 10.2. The summed E-state index contributed by atoms with van der Waals surface area (Å²) in [6.07, 6.45) is 8.40. The Kier molecular flexibility index (Phi) is 5.76. The molecule has 2 atom stereocenters. The molecule has 2 aliphatic rings. The number of aromatic nitrogens is 3. The number of nitrogens with one attached hydrogen (secondary N) is 3. The molecule has 162 valence electrons. The standard InChI is InChI=1S/C22H25FN6O2/c1-3-15-4-6-22(30,11-18(15)23)17-10-20(29-8-9-31-13-14(29)2)27-21(16(17)12-24)26-19-5-7-25-28-19/h1,5,7,10,12,14,24,30H,4,6,8-9,11,13H2,2H3,(H2,25,26,27,28)/t14-,22?/m1/s1. The highest BCUT2D eigenvalue weighted by molar-refractivity contribution is 5.89. The largest absolute Gasteiger partial charge is 0.385 e. The number of allylic oxidation sites excluding steroid dienone is 1. The lowest BCUT2D eigenvalue weighted by Gasteiger charge is -2.37. The number of terminal acetylenes is 1. The maximum Gasteiger partial charge on any atom is 0.143 e. The van der Waals surface area contributed by atoms with Crippen molar-refractivity contribution in [1.82, 2.24) is 15.2 Å². The van der Waals surface area contributed by atoms with Crippen LogP contribution in [0.15, 0.2) is 29.7 Å². The summed E-state index contributed by atoms with van der Waals surface area (Å²) < 4.78 is 20.2. The molecule has 4 rings (SSSR count). The van der Waals surface area contributed by atoms with Gasteiger partial charge in [-0.15, -0.1) is 6.42 Å². The first-order valence-corrected chi connectivity index (χ1v) is 10.2. The minimum atomic E-state index is -1.51. The average molecular weight is 424 g/mol. The van der Waals surface area contributed by atoms with Crippen molar-refractivity contribution in [2.24, 2.45) is 0 Å². The number of morpholine rings is 1. The van der Waals surface area contributed by atoms with Gasteiger partial charge in [0.1, 0.15) is 23.3 Å². The van der Waals surface area contributed by atoms with Crippen LogP contribution in [0.5, 0.6) is 0 Å². The van der Waals surface area contributed by atoms with E-state index >= 15 is 0 Å². The third-order valence-corrected chi connectivity index (χ3v) is 5.84. The summed E-state index contributed by atoms with van der Waals surface area (Å²) >= 11 is 0. The lowest BCUT2D eigenvalue weighted by molar-refractivity contribution is 0.0166. The smallest absolute Gasteiger partial charge is 0.143 e. The normalized spacial score (nSPS) is 24.1. The molecule has 0 bridgehead atoms. The number of ether oxygens (including phenoxy) is 1. The van der Waals surface area contributed by atoms with Gasteiger partial charge in [-0.2, -0.15) is 5.10 Å². The van der Waals surface area contributed by atoms with Crippen LogP contribution >= 0.6 is 0 Å². The van der Waals surface area contributed by atoms with Crippen molar-refractivity contribution in [1.29, 1.82) is 5.41 Å². The van der Waals surface area contributed by atoms with E-state index in [1.54, 1.807) is 18.3 Å². The second-order valence-electron chi connectivity index (χ2n) is 7.88. The van der Waals surface area contributed by atoms with E-state index in [9.17, 15) is 9.50 Å². The minimum Gasteiger partial charge on any atom is -0.385 e. The van der Waals surface area contributed by atoms with Crippen LogP contribution in [0.2, 0.25) is 0 Å². The van der Waals surface area contributed by atoms with Crippen molar-refractivity contribution >= 4 is 23.7 Å². The van der Waals surface area contributed by atoms with Crippen LogP contribution in [0.1, 0.15) is 37.3 Å². The lowest BCUT2D eigenvalue weighted by Crippen LogP contribution is -2.44. The van der Waals surface area contributed by atoms with Crippen LogP contribution in [0.4, 0.5) is 21.8 Å². The summed E-state index contributed by atoms with van der Waals surface area (Å²) in [6.45, 7) is 3.78. The van der Waals surface area contributed by atoms with E-state index in [0.717, 1.165) is 6.21 Å². The molecule has 8 nitrogen and oxygen atoms in total. The van der Waals surface area contributed by atoms with Gasteiger partial charge < -0.3 is 25.5 Å². The van der Waals surface area contributed by atoms with Crippen LogP contribution in [0.25, 0.3) is 0 Å². The highest BCUT2D eigenvalue weighted by Crippen LogP contribution is 2.43. The van der Waals surface area contributed by atoms with Crippen molar-refractivity contribution < 1.29 is 14.2 Å². The summed E-state index contributed by atoms with van der Waals surface area (Å²) in [4.78, 5) is 6.83. The van der Waals surface area contributed by atoms with Crippen molar-refractivity contribution in [3.63, 3.8) is 0 Å². The van der Waals surface area contributed by atoms with E-state index in [1.807, 2.05) is 6.92 Å². The van der Waals surface area contributed by atoms with Crippen molar-refractivity contribution in [2.75, 3.05) is 30.0 Å². The van der Waals surface area contributed by atoms with Crippen molar-refractivity contribution in [3.05, 3.63) is 40.9 Å². The van der Waals surface area contributed by atoms with Crippen LogP contribution < -0.4 is 10.2 Å². The van der Waals surface area contributed by atoms with Gasteiger partial charge in [-0.1, -0.05) is 5.92 Å². The van der Waals surface area contributed by atoms with Crippen LogP contribution in [-0.4, -0.2) is 52.3 Å². The number of hydrogen-bond acceptors (Lipinski definition) is 7. The fraction of sp³-hybridized carbons (Fsp3) is 0.409. The molecule has 0 radical (unpaired) electrons. The SMILES string of the molecule is C#CC1=C(F)CC(O)(c2cc(N3CCOC[C@H]3C)nc(Nc3ccn[nH]3)c2C=N)CC1. The van der Waals surface area contributed by atoms with E-state index < -0.39 is 11.4 Å². The second kappa shape index (κ2) is 8.49. The quantitative estimate of drug-likeness (QED) is 0.434. The minimum absolute atomic E-state index is 0.0746. The molecule has 2 aromatic rings. The monoisotopic (exact) mass is 424 g/mol. The summed E-state index contributed by atoms with van der Waals surface area (Å²) in [5.74, 6) is 3.47. The van der Waals surface area contributed by atoms with E-state index in [-0.39, 0.29) is 30.9 Å². The van der Waals surface area contributed by atoms with E-state index in [2.05, 4.69) is 26.3 Å². The molecule has 1 aliphatic heterocycles. The summed E-state index contributed by atoms with van der Waals surface area (Å²) in [5, 5.41) is 29.4. The van der Waals surface area contributed by atoms with Gasteiger partial charge in [-0.05, 0) is 25.8 Å². The molecular formula is C22H25FN6O2. The maximum atomic E-state index is 14.6. The van der Waals surface area contributed by atoms with Crippen molar-refractivity contribution in [3.8, 4) is 12.3 Å². The lowest BCUT2D eigenvalue weighted by atomic mass is 9.78. The van der Waals surface area contributed by atoms with E-state index in [0.29, 0.717) is 48.3 Å². The Labute approximate surface area is 180 Å². The van der Waals surface area contributed by atoms with Crippen LogP contribution in [-0.2, 0) is 10.3 Å². The number of aromatic amines is 1. The van der Waals surface area contributed by atoms with Gasteiger partial charge in [0.15, 0.2) is 0 Å². The molecule has 9 heteroatoms. The third kappa shape index (κ3) is 4.04. The predicted octanol–water partition coefficient (Wildman–Crippen LogP) is 3.00. The predicted molar refractivity (Wildman–Crippen MR) is 116 cm³/mol. The number of aliphatic hydroxyl groups is 1. The highest BCUT2D eigenvalue weighted by Gasteiger charge is 2.38. The molecule has 1 fully saturated rings. The second-order valence-corrected chi connectivity index (χ2v) is 7.88. The fourth-order valence-electron chi connectivity index (χ4n) is 4.14. The van der Waals surface area contributed by atoms with Gasteiger partial charge in [0.25, 0.3) is 0 Å². The Morgan fingerprint density at radius 1 is 1.55 bits per heavy atom. The topological polar surface area (TPSA) is 110 Å². The van der Waals surface area contributed by atoms with Gasteiger partial charge in [0, 0.05) is 41.9 Å². The zero-order valence-electron chi connectivity index (χ0n) is 17.3. The Morgan fingerprint density at radius 2 is 2.39 bits per heavy atom. The molecule has 31 heavy (non-hydrogen) atoms. The molecular weight excluding hydrogens is 399 g/mol. The Balaban J connectivity index is 1.84. The summed E-state index contributed by atoms with van der Waals surface area (Å²) in [5.41, 5.74) is -0.388. The Bertz CT molecular complexity index is 1050. The number of H-pyrrole nitrogens is 1. The number of halogens is 1. The molecule has 0 saturated carbocycles. The molecule has 3 heterocycles. The molecule has 1 unspecified atom stereocenters. The summed E-state index contributed by atoms with van der Waals surface area (Å²) in [7, 11) is 0. The van der Waals surface area contributed by atoms with Gasteiger partial charge in [-0.3, -0.25) is 5.10 Å². The molecule has 2 aromatic heterocycles. The zero-order valence-corrected chi connectivity index (χ0v) is 17.3. The van der Waals surface area contributed by atoms with E-state index in [1.165, 1.54) is 0 Å². The number of nitrogens with zero attached hydrogens (tertiary/aromatic N) is 3. The first kappa shape index (κ1) is 21.0. The van der Waals surface area contributed by atoms with Crippen LogP contribution in [0, 0.1) is 17.8 Å². The Hall–Kier alpha value is -3.22. The molecule has 1 aliphatic carbocycles. The molecule has 0 amide bonds. The number of pyridine rings is 1. The number of anilines is 3. The summed E-state index contributed by atoms with van der Waals surface area (Å²) in [6, 6.07) is 3.57. The third-order valence-electron chi connectivity index (χ3n) is 5.84. The zero-order chi connectivity index (χ0) is 22.0. The first-order chi connectivity index (χ1) is 14.9. The van der Waals surface area contributed by atoms with E-state index in [4.69, 9.17) is 21.6 Å². The molecule has 4 N–H and O–H groups in total. The Morgan fingerprint density at radius 3 is 3.03 bits per heavy atom. The van der Waals surface area contributed by atoms with Gasteiger partial charge in [-0.25, -0.2) is 9.37 Å². The molecule has 0 aromatic carbocycles. The fourth-order valence-corrected chi connectivity index (χ4v) is 4.14. The average Bonchev–Trinajstić information content (AvgIpc) is 3.27. The maximum absolute atomic E-state index is 14.6. The van der Waals surface area contributed by atoms with Gasteiger partial charge >= 0.3 is 0 Å².